The van der Waals surface area contributed by atoms with Crippen LogP contribution in [0.5, 0.6) is 17.2 Å². The molecule has 2 fully saturated rings. The highest BCUT2D eigenvalue weighted by Gasteiger charge is 2.43. The number of nitrogens with zero attached hydrogens (tertiary/aromatic N) is 4. The number of hydrogen-bond acceptors (Lipinski definition) is 9. The van der Waals surface area contributed by atoms with Crippen molar-refractivity contribution in [2.75, 3.05) is 39.3 Å². The number of nitriles is 1. The van der Waals surface area contributed by atoms with Crippen molar-refractivity contribution in [2.24, 2.45) is 5.41 Å². The highest BCUT2D eigenvalue weighted by atomic mass is 35.5. The maximum Gasteiger partial charge on any atom is 0.410 e. The lowest BCUT2D eigenvalue weighted by atomic mass is 9.78. The minimum Gasteiger partial charge on any atom is -0.493 e. The standard InChI is InChI=1S/C45H51ClN4O6/c1-31-35(29-55-42-23-41(36(27-51)22-39(42)46)54-28-34-21-33(24-47)25-48-26-34)9-6-10-37(31)38-11-7-12-40(32(38)2)53-20-8-16-49-17-13-45(14-18-49)15-19-50(30-45)43(52)56-44(3,4)5/h6-7,9-12,21-23,25-27H,8,13-20,28-30H2,1-5H3. The number of rotatable bonds is 13. The van der Waals surface area contributed by atoms with E-state index in [1.807, 2.05) is 49.9 Å². The molecule has 3 heterocycles. The van der Waals surface area contributed by atoms with Crippen molar-refractivity contribution < 1.29 is 28.5 Å². The Morgan fingerprint density at radius 2 is 1.62 bits per heavy atom. The van der Waals surface area contributed by atoms with Crippen LogP contribution in [0.25, 0.3) is 11.1 Å². The van der Waals surface area contributed by atoms with Gasteiger partial charge in [-0.05, 0) is 125 Å². The molecule has 0 N–H and O–H groups in total. The van der Waals surface area contributed by atoms with Crippen LogP contribution >= 0.6 is 11.6 Å². The molecule has 1 aromatic heterocycles. The van der Waals surface area contributed by atoms with E-state index in [1.54, 1.807) is 18.3 Å². The van der Waals surface area contributed by atoms with Gasteiger partial charge in [0.25, 0.3) is 0 Å². The van der Waals surface area contributed by atoms with E-state index >= 15 is 0 Å². The summed E-state index contributed by atoms with van der Waals surface area (Å²) in [5.74, 6) is 1.58. The van der Waals surface area contributed by atoms with Gasteiger partial charge < -0.3 is 28.7 Å². The summed E-state index contributed by atoms with van der Waals surface area (Å²) in [6.07, 6.45) is 7.78. The molecule has 56 heavy (non-hydrogen) atoms. The molecule has 0 saturated carbocycles. The van der Waals surface area contributed by atoms with Gasteiger partial charge in [-0.3, -0.25) is 9.78 Å². The number of ether oxygens (including phenoxy) is 4. The molecule has 0 radical (unpaired) electrons. The average Bonchev–Trinajstić information content (AvgIpc) is 3.60. The Hall–Kier alpha value is -5.11. The lowest BCUT2D eigenvalue weighted by Gasteiger charge is -2.39. The molecule has 0 aliphatic carbocycles. The van der Waals surface area contributed by atoms with Gasteiger partial charge in [0.05, 0.1) is 22.8 Å². The maximum atomic E-state index is 12.6. The van der Waals surface area contributed by atoms with Crippen LogP contribution in [0.1, 0.15) is 84.6 Å². The SMILES string of the molecule is Cc1c(COc2cc(OCc3cncc(C#N)c3)c(C=O)cc2Cl)cccc1-c1cccc(OCCCN2CCC3(CC2)CCN(C(=O)OC(C)(C)C)C3)c1C. The van der Waals surface area contributed by atoms with Gasteiger partial charge in [0.2, 0.25) is 0 Å². The quantitative estimate of drug-likeness (QED) is 0.0968. The Kier molecular flexibility index (Phi) is 12.9. The third kappa shape index (κ3) is 10.00. The molecule has 294 valence electrons. The van der Waals surface area contributed by atoms with Crippen LogP contribution in [-0.2, 0) is 18.0 Å². The predicted molar refractivity (Wildman–Crippen MR) is 216 cm³/mol. The number of likely N-dealkylation sites (tertiary alicyclic amines) is 2. The van der Waals surface area contributed by atoms with Crippen LogP contribution in [0.2, 0.25) is 5.02 Å². The van der Waals surface area contributed by atoms with Gasteiger partial charge in [-0.15, -0.1) is 0 Å². The second-order valence-electron chi connectivity index (χ2n) is 15.9. The molecule has 1 spiro atoms. The normalized spacial score (nSPS) is 15.3. The Morgan fingerprint density at radius 1 is 0.911 bits per heavy atom. The smallest absolute Gasteiger partial charge is 0.410 e. The molecule has 2 saturated heterocycles. The van der Waals surface area contributed by atoms with Crippen molar-refractivity contribution in [3.8, 4) is 34.4 Å². The highest BCUT2D eigenvalue weighted by Crippen LogP contribution is 2.41. The molecule has 2 aliphatic heterocycles. The second kappa shape index (κ2) is 17.8. The zero-order valence-corrected chi connectivity index (χ0v) is 33.8. The Morgan fingerprint density at radius 3 is 2.36 bits per heavy atom. The van der Waals surface area contributed by atoms with Crippen LogP contribution in [0.4, 0.5) is 4.79 Å². The van der Waals surface area contributed by atoms with Crippen molar-refractivity contribution >= 4 is 24.0 Å². The molecule has 0 unspecified atom stereocenters. The van der Waals surface area contributed by atoms with Crippen molar-refractivity contribution in [1.29, 1.82) is 5.26 Å². The fraction of sp³-hybridized carbons (Fsp3) is 0.422. The first kappa shape index (κ1) is 40.6. The van der Waals surface area contributed by atoms with Gasteiger partial charge in [-0.2, -0.15) is 5.26 Å². The predicted octanol–water partition coefficient (Wildman–Crippen LogP) is 9.35. The Labute approximate surface area is 335 Å². The zero-order valence-electron chi connectivity index (χ0n) is 33.0. The number of hydrogen-bond donors (Lipinski definition) is 0. The summed E-state index contributed by atoms with van der Waals surface area (Å²) in [5.41, 5.74) is 6.48. The number of carbonyl (C=O) groups is 2. The van der Waals surface area contributed by atoms with Crippen LogP contribution in [0.15, 0.2) is 67.0 Å². The summed E-state index contributed by atoms with van der Waals surface area (Å²) in [7, 11) is 0. The third-order valence-electron chi connectivity index (χ3n) is 10.8. The molecule has 0 bridgehead atoms. The summed E-state index contributed by atoms with van der Waals surface area (Å²) >= 11 is 6.54. The minimum atomic E-state index is -0.473. The number of carbonyl (C=O) groups excluding carboxylic acids is 2. The average molecular weight is 779 g/mol. The number of piperidine rings is 1. The first-order valence-electron chi connectivity index (χ1n) is 19.3. The van der Waals surface area contributed by atoms with Crippen LogP contribution in [0.3, 0.4) is 0 Å². The number of pyridine rings is 1. The van der Waals surface area contributed by atoms with E-state index in [1.165, 1.54) is 12.3 Å². The van der Waals surface area contributed by atoms with Crippen molar-refractivity contribution in [2.45, 2.75) is 79.1 Å². The van der Waals surface area contributed by atoms with Gasteiger partial charge >= 0.3 is 6.09 Å². The molecular weight excluding hydrogens is 728 g/mol. The molecule has 3 aromatic carbocycles. The number of benzene rings is 3. The highest BCUT2D eigenvalue weighted by molar-refractivity contribution is 6.32. The monoisotopic (exact) mass is 778 g/mol. The third-order valence-corrected chi connectivity index (χ3v) is 11.1. The van der Waals surface area contributed by atoms with E-state index in [-0.39, 0.29) is 24.7 Å². The largest absolute Gasteiger partial charge is 0.493 e. The summed E-state index contributed by atoms with van der Waals surface area (Å²) in [5, 5.41) is 9.48. The maximum absolute atomic E-state index is 12.6. The molecule has 4 aromatic rings. The molecule has 0 atom stereocenters. The zero-order chi connectivity index (χ0) is 39.9. The molecular formula is C45H51ClN4O6. The van der Waals surface area contributed by atoms with Crippen molar-refractivity contribution in [3.63, 3.8) is 0 Å². The van der Waals surface area contributed by atoms with Gasteiger partial charge in [0.15, 0.2) is 6.29 Å². The first-order valence-corrected chi connectivity index (χ1v) is 19.6. The van der Waals surface area contributed by atoms with E-state index in [2.05, 4.69) is 41.9 Å². The topological polar surface area (TPSA) is 114 Å². The Bertz CT molecular complexity index is 2080. The van der Waals surface area contributed by atoms with E-state index < -0.39 is 5.60 Å². The second-order valence-corrected chi connectivity index (χ2v) is 16.3. The van der Waals surface area contributed by atoms with Crippen LogP contribution in [0, 0.1) is 30.6 Å². The fourth-order valence-electron chi connectivity index (χ4n) is 7.56. The summed E-state index contributed by atoms with van der Waals surface area (Å²) in [6.45, 7) is 15.6. The fourth-order valence-corrected chi connectivity index (χ4v) is 7.79. The van der Waals surface area contributed by atoms with Crippen LogP contribution < -0.4 is 14.2 Å². The van der Waals surface area contributed by atoms with Gasteiger partial charge in [0, 0.05) is 43.7 Å². The summed E-state index contributed by atoms with van der Waals surface area (Å²) < 4.78 is 24.1. The van der Waals surface area contributed by atoms with E-state index in [9.17, 15) is 14.9 Å². The number of amides is 1. The summed E-state index contributed by atoms with van der Waals surface area (Å²) in [6, 6.07) is 19.2. The molecule has 6 rings (SSSR count). The van der Waals surface area contributed by atoms with E-state index in [0.29, 0.717) is 46.1 Å². The van der Waals surface area contributed by atoms with Crippen molar-refractivity contribution in [3.05, 3.63) is 105 Å². The number of aromatic nitrogens is 1. The minimum absolute atomic E-state index is 0.117. The van der Waals surface area contributed by atoms with Gasteiger partial charge in [-0.25, -0.2) is 4.79 Å². The molecule has 2 aliphatic rings. The van der Waals surface area contributed by atoms with Gasteiger partial charge in [0.1, 0.15) is 42.1 Å². The molecule has 10 nitrogen and oxygen atoms in total. The molecule has 11 heteroatoms. The lowest BCUT2D eigenvalue weighted by molar-refractivity contribution is 0.0246. The van der Waals surface area contributed by atoms with Crippen molar-refractivity contribution in [1.82, 2.24) is 14.8 Å². The first-order chi connectivity index (χ1) is 26.9. The Balaban J connectivity index is 1.02. The summed E-state index contributed by atoms with van der Waals surface area (Å²) in [4.78, 5) is 32.9. The van der Waals surface area contributed by atoms with E-state index in [0.717, 1.165) is 92.0 Å². The van der Waals surface area contributed by atoms with E-state index in [4.69, 9.17) is 30.5 Å². The van der Waals surface area contributed by atoms with Gasteiger partial charge in [-0.1, -0.05) is 41.9 Å². The number of halogens is 1. The lowest BCUT2D eigenvalue weighted by Crippen LogP contribution is -2.43. The van der Waals surface area contributed by atoms with Crippen LogP contribution in [-0.4, -0.2) is 72.1 Å². The number of aldehydes is 1. The molecule has 1 amide bonds.